The Balaban J connectivity index is 2.36. The minimum atomic E-state index is -4.64. The molecule has 0 saturated heterocycles. The highest BCUT2D eigenvalue weighted by Crippen LogP contribution is 2.37. The third-order valence-corrected chi connectivity index (χ3v) is 3.76. The van der Waals surface area contributed by atoms with Gasteiger partial charge in [0, 0.05) is 18.7 Å². The highest BCUT2D eigenvalue weighted by atomic mass is 19.4. The van der Waals surface area contributed by atoms with Crippen molar-refractivity contribution in [2.24, 2.45) is 0 Å². The average molecular weight is 371 g/mol. The monoisotopic (exact) mass is 371 g/mol. The number of carbonyl (C=O) groups is 1. The molecule has 0 aliphatic heterocycles. The molecule has 0 fully saturated rings. The second kappa shape index (κ2) is 8.29. The predicted molar refractivity (Wildman–Crippen MR) is 86.9 cm³/mol. The molecule has 0 aliphatic rings. The summed E-state index contributed by atoms with van der Waals surface area (Å²) in [5, 5.41) is 17.9. The fourth-order valence-electron chi connectivity index (χ4n) is 2.53. The lowest BCUT2D eigenvalue weighted by Gasteiger charge is -2.21. The van der Waals surface area contributed by atoms with E-state index in [1.165, 1.54) is 29.2 Å². The topological polar surface area (TPSA) is 60.8 Å². The van der Waals surface area contributed by atoms with Crippen molar-refractivity contribution in [1.29, 1.82) is 0 Å². The maximum absolute atomic E-state index is 13.4. The molecule has 2 N–H and O–H groups in total. The van der Waals surface area contributed by atoms with Crippen molar-refractivity contribution >= 4 is 5.91 Å². The number of halogens is 4. The van der Waals surface area contributed by atoms with Gasteiger partial charge in [-0.1, -0.05) is 12.1 Å². The molecule has 2 aromatic rings. The highest BCUT2D eigenvalue weighted by Gasteiger charge is 2.33. The van der Waals surface area contributed by atoms with Crippen molar-refractivity contribution in [2.45, 2.75) is 6.18 Å². The highest BCUT2D eigenvalue weighted by molar-refractivity contribution is 5.94. The summed E-state index contributed by atoms with van der Waals surface area (Å²) in [6, 6.07) is 7.46. The van der Waals surface area contributed by atoms with Gasteiger partial charge in [-0.05, 0) is 41.5 Å². The van der Waals surface area contributed by atoms with E-state index in [0.29, 0.717) is 6.07 Å². The third kappa shape index (κ3) is 4.59. The summed E-state index contributed by atoms with van der Waals surface area (Å²) >= 11 is 0. The van der Waals surface area contributed by atoms with Gasteiger partial charge in [0.25, 0.3) is 5.91 Å². The number of amides is 1. The number of hydrogen-bond acceptors (Lipinski definition) is 3. The Morgan fingerprint density at radius 3 is 2.04 bits per heavy atom. The van der Waals surface area contributed by atoms with Crippen LogP contribution in [-0.4, -0.2) is 47.3 Å². The van der Waals surface area contributed by atoms with Gasteiger partial charge >= 0.3 is 6.18 Å². The van der Waals surface area contributed by atoms with Crippen molar-refractivity contribution in [3.63, 3.8) is 0 Å². The van der Waals surface area contributed by atoms with Gasteiger partial charge in [-0.3, -0.25) is 4.79 Å². The van der Waals surface area contributed by atoms with Crippen molar-refractivity contribution in [1.82, 2.24) is 4.90 Å². The largest absolute Gasteiger partial charge is 0.417 e. The molecule has 0 aliphatic carbocycles. The van der Waals surface area contributed by atoms with Crippen LogP contribution < -0.4 is 0 Å². The normalized spacial score (nSPS) is 11.5. The molecule has 8 heteroatoms. The zero-order chi connectivity index (χ0) is 19.3. The summed E-state index contributed by atoms with van der Waals surface area (Å²) in [4.78, 5) is 13.5. The summed E-state index contributed by atoms with van der Waals surface area (Å²) in [6.07, 6.45) is -4.64. The van der Waals surface area contributed by atoms with Gasteiger partial charge in [-0.15, -0.1) is 0 Å². The summed E-state index contributed by atoms with van der Waals surface area (Å²) in [6.45, 7) is -0.545. The Kier molecular flexibility index (Phi) is 6.33. The van der Waals surface area contributed by atoms with Crippen molar-refractivity contribution < 1.29 is 32.6 Å². The summed E-state index contributed by atoms with van der Waals surface area (Å²) in [5.74, 6) is -1.28. The Morgan fingerprint density at radius 1 is 0.962 bits per heavy atom. The number of rotatable bonds is 6. The molecule has 0 atom stereocenters. The predicted octanol–water partition coefficient (Wildman–Crippen LogP) is 2.94. The van der Waals surface area contributed by atoms with Crippen LogP contribution in [0.5, 0.6) is 0 Å². The SMILES string of the molecule is O=C(c1ccc(-c2cc(F)ccc2C(F)(F)F)cc1)N(CCO)CCO. The fourth-order valence-corrected chi connectivity index (χ4v) is 2.53. The summed E-state index contributed by atoms with van der Waals surface area (Å²) in [5.41, 5.74) is -0.996. The van der Waals surface area contributed by atoms with Crippen LogP contribution in [0.25, 0.3) is 11.1 Å². The van der Waals surface area contributed by atoms with E-state index in [0.717, 1.165) is 12.1 Å². The lowest BCUT2D eigenvalue weighted by molar-refractivity contribution is -0.137. The number of nitrogens with zero attached hydrogens (tertiary/aromatic N) is 1. The number of hydrogen-bond donors (Lipinski definition) is 2. The van der Waals surface area contributed by atoms with E-state index >= 15 is 0 Å². The fraction of sp³-hybridized carbons (Fsp3) is 0.278. The van der Waals surface area contributed by atoms with Crippen molar-refractivity contribution in [3.8, 4) is 11.1 Å². The van der Waals surface area contributed by atoms with Gasteiger partial charge in [-0.2, -0.15) is 13.2 Å². The van der Waals surface area contributed by atoms with Gasteiger partial charge in [0.05, 0.1) is 18.8 Å². The standard InChI is InChI=1S/C18H17F4NO3/c19-14-5-6-16(18(20,21)22)15(11-14)12-1-3-13(4-2-12)17(26)23(7-9-24)8-10-25/h1-6,11,24-25H,7-10H2. The summed E-state index contributed by atoms with van der Waals surface area (Å²) < 4.78 is 52.8. The van der Waals surface area contributed by atoms with Crippen molar-refractivity contribution in [2.75, 3.05) is 26.3 Å². The number of alkyl halides is 3. The maximum atomic E-state index is 13.4. The number of aliphatic hydroxyl groups excluding tert-OH is 2. The molecule has 26 heavy (non-hydrogen) atoms. The van der Waals surface area contributed by atoms with E-state index in [1.54, 1.807) is 0 Å². The molecule has 140 valence electrons. The Labute approximate surface area is 147 Å². The molecule has 4 nitrogen and oxygen atoms in total. The van der Waals surface area contributed by atoms with E-state index in [-0.39, 0.29) is 43.0 Å². The second-order valence-electron chi connectivity index (χ2n) is 5.50. The van der Waals surface area contributed by atoms with Gasteiger partial charge in [-0.25, -0.2) is 4.39 Å². The van der Waals surface area contributed by atoms with Crippen LogP contribution in [0, 0.1) is 5.82 Å². The van der Waals surface area contributed by atoms with E-state index in [4.69, 9.17) is 10.2 Å². The smallest absolute Gasteiger partial charge is 0.395 e. The van der Waals surface area contributed by atoms with Crippen LogP contribution in [0.3, 0.4) is 0 Å². The van der Waals surface area contributed by atoms with Gasteiger partial charge in [0.1, 0.15) is 5.82 Å². The minimum Gasteiger partial charge on any atom is -0.395 e. The first-order valence-electron chi connectivity index (χ1n) is 7.76. The number of benzene rings is 2. The maximum Gasteiger partial charge on any atom is 0.417 e. The first-order valence-corrected chi connectivity index (χ1v) is 7.76. The molecule has 0 aromatic heterocycles. The lowest BCUT2D eigenvalue weighted by Crippen LogP contribution is -2.35. The van der Waals surface area contributed by atoms with Gasteiger partial charge in [0.2, 0.25) is 0 Å². The van der Waals surface area contributed by atoms with Crippen molar-refractivity contribution in [3.05, 3.63) is 59.4 Å². The Hall–Kier alpha value is -2.45. The molecule has 0 unspecified atom stereocenters. The van der Waals surface area contributed by atoms with Crippen LogP contribution >= 0.6 is 0 Å². The zero-order valence-electron chi connectivity index (χ0n) is 13.6. The molecule has 0 heterocycles. The molecule has 0 radical (unpaired) electrons. The van der Waals surface area contributed by atoms with E-state index in [2.05, 4.69) is 0 Å². The molecule has 0 saturated carbocycles. The quantitative estimate of drug-likeness (QED) is 0.768. The van der Waals surface area contributed by atoms with E-state index in [1.807, 2.05) is 0 Å². The summed E-state index contributed by atoms with van der Waals surface area (Å²) in [7, 11) is 0. The molecular formula is C18H17F4NO3. The number of carbonyl (C=O) groups excluding carboxylic acids is 1. The zero-order valence-corrected chi connectivity index (χ0v) is 13.6. The lowest BCUT2D eigenvalue weighted by atomic mass is 9.98. The second-order valence-corrected chi connectivity index (χ2v) is 5.50. The van der Waals surface area contributed by atoms with Gasteiger partial charge in [0.15, 0.2) is 0 Å². The molecule has 0 spiro atoms. The first kappa shape index (κ1) is 19.9. The minimum absolute atomic E-state index is 0.0171. The molecule has 1 amide bonds. The molecular weight excluding hydrogens is 354 g/mol. The average Bonchev–Trinajstić information content (AvgIpc) is 2.60. The van der Waals surface area contributed by atoms with Crippen LogP contribution in [0.2, 0.25) is 0 Å². The third-order valence-electron chi connectivity index (χ3n) is 3.76. The van der Waals surface area contributed by atoms with Crippen LogP contribution in [-0.2, 0) is 6.18 Å². The van der Waals surface area contributed by atoms with Crippen LogP contribution in [0.15, 0.2) is 42.5 Å². The Bertz CT molecular complexity index is 754. The van der Waals surface area contributed by atoms with Gasteiger partial charge < -0.3 is 15.1 Å². The first-order chi connectivity index (χ1) is 12.3. The Morgan fingerprint density at radius 2 is 1.54 bits per heavy atom. The number of aliphatic hydroxyl groups is 2. The van der Waals surface area contributed by atoms with E-state index in [9.17, 15) is 22.4 Å². The molecule has 2 rings (SSSR count). The molecule has 2 aromatic carbocycles. The molecule has 0 bridgehead atoms. The van der Waals surface area contributed by atoms with Crippen LogP contribution in [0.4, 0.5) is 17.6 Å². The van der Waals surface area contributed by atoms with E-state index < -0.39 is 23.5 Å². The van der Waals surface area contributed by atoms with Crippen LogP contribution in [0.1, 0.15) is 15.9 Å².